The molecule has 0 saturated carbocycles. The average Bonchev–Trinajstić information content (AvgIpc) is 3.48. The van der Waals surface area contributed by atoms with Crippen LogP contribution in [-0.2, 0) is 16.2 Å². The fraction of sp³-hybridized carbons (Fsp3) is 0.138. The fourth-order valence-electron chi connectivity index (χ4n) is 4.32. The Hall–Kier alpha value is -4.92. The number of methoxy groups -OCH3 is 1. The highest BCUT2D eigenvalue weighted by molar-refractivity contribution is 6.51. The smallest absolute Gasteiger partial charge is 0.301 e. The summed E-state index contributed by atoms with van der Waals surface area (Å²) in [6, 6.07) is 20.0. The number of amides is 1. The predicted octanol–water partition coefficient (Wildman–Crippen LogP) is 5.34. The van der Waals surface area contributed by atoms with Crippen LogP contribution in [0.15, 0.2) is 89.0 Å². The number of hydrogen-bond acceptors (Lipinski definition) is 7. The van der Waals surface area contributed by atoms with Crippen molar-refractivity contribution in [2.75, 3.05) is 12.0 Å². The molecule has 1 atom stereocenters. The molecule has 1 aliphatic rings. The van der Waals surface area contributed by atoms with Crippen molar-refractivity contribution in [3.05, 3.63) is 113 Å². The Balaban J connectivity index is 1.60. The number of hydrogen-bond donors (Lipinski definition) is 1. The van der Waals surface area contributed by atoms with E-state index in [0.717, 1.165) is 22.6 Å². The number of nitrogens with zero attached hydrogens (tertiary/aromatic N) is 2. The van der Waals surface area contributed by atoms with Gasteiger partial charge in [-0.3, -0.25) is 14.5 Å². The quantitative estimate of drug-likeness (QED) is 0.202. The van der Waals surface area contributed by atoms with Crippen LogP contribution in [0.1, 0.15) is 28.5 Å². The second kappa shape index (κ2) is 10.2. The SMILES string of the molecule is COc1cc([C@@H]2C(=C(O)c3ccc(F)cc3)C(=O)C(=O)N2c2cc(C)on2)ccc1OCc1ccccc1. The van der Waals surface area contributed by atoms with Crippen LogP contribution in [0.25, 0.3) is 5.76 Å². The summed E-state index contributed by atoms with van der Waals surface area (Å²) in [6.07, 6.45) is 0. The lowest BCUT2D eigenvalue weighted by Crippen LogP contribution is -2.29. The molecule has 1 aliphatic heterocycles. The highest BCUT2D eigenvalue weighted by Gasteiger charge is 2.48. The van der Waals surface area contributed by atoms with Crippen molar-refractivity contribution in [2.45, 2.75) is 19.6 Å². The predicted molar refractivity (Wildman–Crippen MR) is 136 cm³/mol. The zero-order chi connectivity index (χ0) is 26.8. The normalized spacial score (nSPS) is 16.6. The van der Waals surface area contributed by atoms with E-state index in [1.807, 2.05) is 30.3 Å². The summed E-state index contributed by atoms with van der Waals surface area (Å²) in [5.74, 6) is -1.41. The molecular formula is C29H23FN2O6. The maximum absolute atomic E-state index is 13.5. The van der Waals surface area contributed by atoms with Gasteiger partial charge in [0, 0.05) is 11.6 Å². The first-order chi connectivity index (χ1) is 18.4. The first kappa shape index (κ1) is 24.8. The van der Waals surface area contributed by atoms with Crippen molar-refractivity contribution in [1.82, 2.24) is 5.16 Å². The molecule has 38 heavy (non-hydrogen) atoms. The zero-order valence-corrected chi connectivity index (χ0v) is 20.6. The van der Waals surface area contributed by atoms with E-state index in [4.69, 9.17) is 14.0 Å². The second-order valence-electron chi connectivity index (χ2n) is 8.66. The third kappa shape index (κ3) is 4.61. The minimum atomic E-state index is -1.07. The minimum Gasteiger partial charge on any atom is -0.507 e. The van der Waals surface area contributed by atoms with E-state index in [9.17, 15) is 19.1 Å². The highest BCUT2D eigenvalue weighted by Crippen LogP contribution is 2.44. The standard InChI is InChI=1S/C29H23FN2O6/c1-17-14-24(31-38-17)32-26(25(28(34)29(32)35)27(33)19-8-11-21(30)12-9-19)20-10-13-22(23(15-20)36-2)37-16-18-6-4-3-5-7-18/h3-15,26,33H,16H2,1-2H3/t26-/m1/s1. The molecule has 2 heterocycles. The number of aliphatic hydroxyl groups excluding tert-OH is 1. The van der Waals surface area contributed by atoms with Gasteiger partial charge in [-0.2, -0.15) is 0 Å². The van der Waals surface area contributed by atoms with Crippen LogP contribution >= 0.6 is 0 Å². The molecule has 1 saturated heterocycles. The number of aliphatic hydroxyl groups is 1. The molecular weight excluding hydrogens is 491 g/mol. The van der Waals surface area contributed by atoms with E-state index in [-0.39, 0.29) is 17.0 Å². The van der Waals surface area contributed by atoms with Gasteiger partial charge in [-0.1, -0.05) is 41.6 Å². The number of carbonyl (C=O) groups excluding carboxylic acids is 2. The number of aryl methyl sites for hydroxylation is 1. The monoisotopic (exact) mass is 514 g/mol. The van der Waals surface area contributed by atoms with Gasteiger partial charge in [0.05, 0.1) is 18.7 Å². The number of aromatic nitrogens is 1. The lowest BCUT2D eigenvalue weighted by Gasteiger charge is -2.23. The number of halogens is 1. The van der Waals surface area contributed by atoms with Gasteiger partial charge in [0.1, 0.15) is 23.9 Å². The van der Waals surface area contributed by atoms with E-state index in [1.54, 1.807) is 25.1 Å². The molecule has 3 aromatic carbocycles. The molecule has 1 aromatic heterocycles. The van der Waals surface area contributed by atoms with Crippen molar-refractivity contribution < 1.29 is 33.1 Å². The number of anilines is 1. The van der Waals surface area contributed by atoms with Crippen LogP contribution < -0.4 is 14.4 Å². The first-order valence-corrected chi connectivity index (χ1v) is 11.7. The van der Waals surface area contributed by atoms with Crippen LogP contribution in [0.4, 0.5) is 10.2 Å². The lowest BCUT2D eigenvalue weighted by molar-refractivity contribution is -0.132. The van der Waals surface area contributed by atoms with E-state index >= 15 is 0 Å². The molecule has 0 spiro atoms. The molecule has 192 valence electrons. The molecule has 0 radical (unpaired) electrons. The van der Waals surface area contributed by atoms with Crippen LogP contribution in [0.3, 0.4) is 0 Å². The van der Waals surface area contributed by atoms with Crippen molar-refractivity contribution in [3.8, 4) is 11.5 Å². The van der Waals surface area contributed by atoms with Gasteiger partial charge in [0.15, 0.2) is 17.3 Å². The fourth-order valence-corrected chi connectivity index (χ4v) is 4.32. The van der Waals surface area contributed by atoms with Gasteiger partial charge in [0.25, 0.3) is 5.78 Å². The van der Waals surface area contributed by atoms with Gasteiger partial charge < -0.3 is 19.1 Å². The van der Waals surface area contributed by atoms with Crippen molar-refractivity contribution >= 4 is 23.3 Å². The van der Waals surface area contributed by atoms with Crippen LogP contribution in [0, 0.1) is 12.7 Å². The maximum atomic E-state index is 13.5. The van der Waals surface area contributed by atoms with Crippen molar-refractivity contribution in [3.63, 3.8) is 0 Å². The number of ketones is 1. The molecule has 0 unspecified atom stereocenters. The molecule has 1 N–H and O–H groups in total. The molecule has 0 aliphatic carbocycles. The molecule has 4 aromatic rings. The largest absolute Gasteiger partial charge is 0.507 e. The first-order valence-electron chi connectivity index (χ1n) is 11.7. The summed E-state index contributed by atoms with van der Waals surface area (Å²) in [4.78, 5) is 27.6. The van der Waals surface area contributed by atoms with E-state index in [0.29, 0.717) is 29.4 Å². The highest BCUT2D eigenvalue weighted by atomic mass is 19.1. The molecule has 1 fully saturated rings. The molecule has 9 heteroatoms. The van der Waals surface area contributed by atoms with E-state index in [1.165, 1.54) is 25.3 Å². The van der Waals surface area contributed by atoms with Gasteiger partial charge in [-0.05, 0) is 54.4 Å². The van der Waals surface area contributed by atoms with Gasteiger partial charge in [0.2, 0.25) is 0 Å². The number of rotatable bonds is 7. The van der Waals surface area contributed by atoms with Crippen LogP contribution in [0.5, 0.6) is 11.5 Å². The topological polar surface area (TPSA) is 102 Å². The van der Waals surface area contributed by atoms with Gasteiger partial charge in [-0.25, -0.2) is 4.39 Å². The second-order valence-corrected chi connectivity index (χ2v) is 8.66. The summed E-state index contributed by atoms with van der Waals surface area (Å²) in [5.41, 5.74) is 1.42. The molecule has 5 rings (SSSR count). The summed E-state index contributed by atoms with van der Waals surface area (Å²) in [5, 5.41) is 15.1. The minimum absolute atomic E-state index is 0.108. The molecule has 0 bridgehead atoms. The Morgan fingerprint density at radius 1 is 1.03 bits per heavy atom. The molecule has 1 amide bonds. The van der Waals surface area contributed by atoms with Crippen molar-refractivity contribution in [1.29, 1.82) is 0 Å². The maximum Gasteiger partial charge on any atom is 0.301 e. The Morgan fingerprint density at radius 3 is 2.42 bits per heavy atom. The average molecular weight is 515 g/mol. The van der Waals surface area contributed by atoms with Crippen LogP contribution in [-0.4, -0.2) is 29.1 Å². The number of carbonyl (C=O) groups is 2. The summed E-state index contributed by atoms with van der Waals surface area (Å²) >= 11 is 0. The van der Waals surface area contributed by atoms with E-state index in [2.05, 4.69) is 5.16 Å². The Kier molecular flexibility index (Phi) is 6.66. The number of benzene rings is 3. The van der Waals surface area contributed by atoms with Crippen LogP contribution in [0.2, 0.25) is 0 Å². The number of Topliss-reactive ketones (excluding diaryl/α,β-unsaturated/α-hetero) is 1. The van der Waals surface area contributed by atoms with Gasteiger partial charge >= 0.3 is 5.91 Å². The zero-order valence-electron chi connectivity index (χ0n) is 20.6. The Morgan fingerprint density at radius 2 is 1.76 bits per heavy atom. The summed E-state index contributed by atoms with van der Waals surface area (Å²) in [6.45, 7) is 1.96. The molecule has 8 nitrogen and oxygen atoms in total. The summed E-state index contributed by atoms with van der Waals surface area (Å²) in [7, 11) is 1.48. The van der Waals surface area contributed by atoms with Crippen molar-refractivity contribution in [2.24, 2.45) is 0 Å². The van der Waals surface area contributed by atoms with Gasteiger partial charge in [-0.15, -0.1) is 0 Å². The summed E-state index contributed by atoms with van der Waals surface area (Å²) < 4.78 is 30.2. The third-order valence-corrected chi connectivity index (χ3v) is 6.17. The Bertz CT molecular complexity index is 1530. The van der Waals surface area contributed by atoms with E-state index < -0.39 is 29.3 Å². The Labute approximate surface area is 217 Å². The third-order valence-electron chi connectivity index (χ3n) is 6.17. The lowest BCUT2D eigenvalue weighted by atomic mass is 9.95. The number of ether oxygens (including phenoxy) is 2.